The molecular weight excluding hydrogens is 194 g/mol. The lowest BCUT2D eigenvalue weighted by atomic mass is 10.3. The van der Waals surface area contributed by atoms with Crippen molar-refractivity contribution in [1.82, 2.24) is 4.90 Å². The third-order valence-corrected chi connectivity index (χ3v) is 2.83. The van der Waals surface area contributed by atoms with E-state index in [1.165, 1.54) is 0 Å². The molecule has 0 radical (unpaired) electrons. The van der Waals surface area contributed by atoms with Gasteiger partial charge in [0.05, 0.1) is 13.2 Å². The van der Waals surface area contributed by atoms with E-state index in [0.29, 0.717) is 6.04 Å². The van der Waals surface area contributed by atoms with Crippen LogP contribution in [0.5, 0.6) is 0 Å². The van der Waals surface area contributed by atoms with Gasteiger partial charge in [0.15, 0.2) is 0 Å². The van der Waals surface area contributed by atoms with Gasteiger partial charge in [-0.3, -0.25) is 4.90 Å². The zero-order chi connectivity index (χ0) is 7.40. The Balaban J connectivity index is 2.24. The predicted molar refractivity (Wildman–Crippen MR) is 45.6 cm³/mol. The number of rotatable bonds is 2. The summed E-state index contributed by atoms with van der Waals surface area (Å²) in [5.41, 5.74) is 0. The van der Waals surface area contributed by atoms with Gasteiger partial charge in [0.2, 0.25) is 0 Å². The van der Waals surface area contributed by atoms with E-state index in [2.05, 4.69) is 27.8 Å². The quantitative estimate of drug-likeness (QED) is 0.630. The van der Waals surface area contributed by atoms with E-state index in [4.69, 9.17) is 4.74 Å². The highest BCUT2D eigenvalue weighted by molar-refractivity contribution is 9.09. The monoisotopic (exact) mass is 207 g/mol. The average molecular weight is 208 g/mol. The number of halogens is 1. The minimum atomic E-state index is 0.656. The molecule has 0 spiro atoms. The van der Waals surface area contributed by atoms with Crippen LogP contribution in [0.25, 0.3) is 0 Å². The molecule has 0 aromatic carbocycles. The Labute approximate surface area is 70.7 Å². The Morgan fingerprint density at radius 2 is 2.10 bits per heavy atom. The van der Waals surface area contributed by atoms with Crippen LogP contribution >= 0.6 is 15.9 Å². The van der Waals surface area contributed by atoms with Gasteiger partial charge in [0.25, 0.3) is 0 Å². The summed E-state index contributed by atoms with van der Waals surface area (Å²) in [7, 11) is 0. The summed E-state index contributed by atoms with van der Waals surface area (Å²) in [4.78, 5) is 2.44. The molecule has 1 saturated heterocycles. The van der Waals surface area contributed by atoms with E-state index < -0.39 is 0 Å². The lowest BCUT2D eigenvalue weighted by molar-refractivity contribution is 0.0248. The van der Waals surface area contributed by atoms with E-state index in [1.807, 2.05) is 0 Å². The Morgan fingerprint density at radius 1 is 1.50 bits per heavy atom. The number of morpholine rings is 1. The molecule has 1 atom stereocenters. The number of nitrogens with zero attached hydrogens (tertiary/aromatic N) is 1. The van der Waals surface area contributed by atoms with Crippen LogP contribution < -0.4 is 0 Å². The maximum atomic E-state index is 5.24. The first-order valence-electron chi connectivity index (χ1n) is 3.72. The molecule has 2 nitrogen and oxygen atoms in total. The van der Waals surface area contributed by atoms with Gasteiger partial charge in [-0.2, -0.15) is 0 Å². The summed E-state index contributed by atoms with van der Waals surface area (Å²) in [6.45, 7) is 6.22. The van der Waals surface area contributed by atoms with E-state index in [1.54, 1.807) is 0 Å². The first-order valence-corrected chi connectivity index (χ1v) is 4.84. The fraction of sp³-hybridized carbons (Fsp3) is 1.00. The Bertz CT molecular complexity index is 93.6. The first-order chi connectivity index (χ1) is 4.84. The SMILES string of the molecule is CC(CBr)N1CCOCC1. The zero-order valence-electron chi connectivity index (χ0n) is 6.35. The normalized spacial score (nSPS) is 24.6. The smallest absolute Gasteiger partial charge is 0.0594 e. The molecule has 0 N–H and O–H groups in total. The van der Waals surface area contributed by atoms with Gasteiger partial charge in [0, 0.05) is 24.5 Å². The van der Waals surface area contributed by atoms with Crippen molar-refractivity contribution >= 4 is 15.9 Å². The van der Waals surface area contributed by atoms with Gasteiger partial charge in [-0.15, -0.1) is 0 Å². The summed E-state index contributed by atoms with van der Waals surface area (Å²) >= 11 is 3.47. The highest BCUT2D eigenvalue weighted by Crippen LogP contribution is 2.04. The predicted octanol–water partition coefficient (Wildman–Crippen LogP) is 1.10. The van der Waals surface area contributed by atoms with E-state index in [-0.39, 0.29) is 0 Å². The molecule has 10 heavy (non-hydrogen) atoms. The van der Waals surface area contributed by atoms with Gasteiger partial charge < -0.3 is 4.74 Å². The fourth-order valence-corrected chi connectivity index (χ4v) is 1.53. The molecule has 3 heteroatoms. The number of hydrogen-bond donors (Lipinski definition) is 0. The number of hydrogen-bond acceptors (Lipinski definition) is 2. The first kappa shape index (κ1) is 8.50. The number of ether oxygens (including phenoxy) is 1. The number of alkyl halides is 1. The summed E-state index contributed by atoms with van der Waals surface area (Å²) in [6, 6.07) is 0.656. The molecular formula is C7H14BrNO. The summed E-state index contributed by atoms with van der Waals surface area (Å²) in [5.74, 6) is 0. The van der Waals surface area contributed by atoms with Gasteiger partial charge in [-0.1, -0.05) is 15.9 Å². The van der Waals surface area contributed by atoms with Crippen molar-refractivity contribution in [3.8, 4) is 0 Å². The Kier molecular flexibility index (Phi) is 3.66. The Hall–Kier alpha value is 0.400. The molecule has 0 aliphatic carbocycles. The molecule has 60 valence electrons. The van der Waals surface area contributed by atoms with Crippen molar-refractivity contribution in [2.75, 3.05) is 31.6 Å². The van der Waals surface area contributed by atoms with Crippen LogP contribution in [0.15, 0.2) is 0 Å². The van der Waals surface area contributed by atoms with Crippen molar-refractivity contribution < 1.29 is 4.74 Å². The average Bonchev–Trinajstić information content (AvgIpc) is 2.05. The van der Waals surface area contributed by atoms with Gasteiger partial charge in [-0.05, 0) is 6.92 Å². The fourth-order valence-electron chi connectivity index (χ4n) is 1.12. The molecule has 1 unspecified atom stereocenters. The molecule has 1 rings (SSSR count). The zero-order valence-corrected chi connectivity index (χ0v) is 7.93. The van der Waals surface area contributed by atoms with Gasteiger partial charge >= 0.3 is 0 Å². The highest BCUT2D eigenvalue weighted by Gasteiger charge is 2.14. The second kappa shape index (κ2) is 4.31. The van der Waals surface area contributed by atoms with Gasteiger partial charge in [0.1, 0.15) is 0 Å². The minimum Gasteiger partial charge on any atom is -0.379 e. The minimum absolute atomic E-state index is 0.656. The Morgan fingerprint density at radius 3 is 2.60 bits per heavy atom. The van der Waals surface area contributed by atoms with Crippen molar-refractivity contribution in [1.29, 1.82) is 0 Å². The van der Waals surface area contributed by atoms with E-state index >= 15 is 0 Å². The largest absolute Gasteiger partial charge is 0.379 e. The highest BCUT2D eigenvalue weighted by atomic mass is 79.9. The molecule has 0 aromatic rings. The standard InChI is InChI=1S/C7H14BrNO/c1-7(6-8)9-2-4-10-5-3-9/h7H,2-6H2,1H3. The molecule has 0 aromatic heterocycles. The lowest BCUT2D eigenvalue weighted by Gasteiger charge is -2.31. The van der Waals surface area contributed by atoms with Crippen molar-refractivity contribution in [3.63, 3.8) is 0 Å². The van der Waals surface area contributed by atoms with Crippen molar-refractivity contribution in [2.45, 2.75) is 13.0 Å². The topological polar surface area (TPSA) is 12.5 Å². The van der Waals surface area contributed by atoms with Crippen LogP contribution in [0.1, 0.15) is 6.92 Å². The molecule has 1 aliphatic heterocycles. The van der Waals surface area contributed by atoms with Crippen LogP contribution in [-0.4, -0.2) is 42.6 Å². The summed E-state index contributed by atoms with van der Waals surface area (Å²) < 4.78 is 5.24. The summed E-state index contributed by atoms with van der Waals surface area (Å²) in [5, 5.41) is 1.06. The van der Waals surface area contributed by atoms with Crippen molar-refractivity contribution in [2.24, 2.45) is 0 Å². The maximum absolute atomic E-state index is 5.24. The van der Waals surface area contributed by atoms with Crippen LogP contribution in [0, 0.1) is 0 Å². The molecule has 0 amide bonds. The third kappa shape index (κ3) is 2.22. The van der Waals surface area contributed by atoms with Crippen LogP contribution in [0.4, 0.5) is 0 Å². The molecule has 0 saturated carbocycles. The molecule has 1 aliphatic rings. The van der Waals surface area contributed by atoms with Crippen LogP contribution in [0.2, 0.25) is 0 Å². The van der Waals surface area contributed by atoms with Crippen molar-refractivity contribution in [3.05, 3.63) is 0 Å². The van der Waals surface area contributed by atoms with Crippen LogP contribution in [-0.2, 0) is 4.74 Å². The van der Waals surface area contributed by atoms with Crippen LogP contribution in [0.3, 0.4) is 0 Å². The second-order valence-corrected chi connectivity index (χ2v) is 3.30. The second-order valence-electron chi connectivity index (χ2n) is 2.65. The van der Waals surface area contributed by atoms with E-state index in [9.17, 15) is 0 Å². The maximum Gasteiger partial charge on any atom is 0.0594 e. The molecule has 0 bridgehead atoms. The molecule has 1 fully saturated rings. The lowest BCUT2D eigenvalue weighted by Crippen LogP contribution is -2.42. The molecule has 1 heterocycles. The third-order valence-electron chi connectivity index (χ3n) is 1.89. The van der Waals surface area contributed by atoms with E-state index in [0.717, 1.165) is 31.6 Å². The van der Waals surface area contributed by atoms with Gasteiger partial charge in [-0.25, -0.2) is 0 Å². The summed E-state index contributed by atoms with van der Waals surface area (Å²) in [6.07, 6.45) is 0.